The van der Waals surface area contributed by atoms with E-state index >= 15 is 0 Å². The zero-order valence-corrected chi connectivity index (χ0v) is 15.9. The van der Waals surface area contributed by atoms with Gasteiger partial charge in [-0.15, -0.1) is 0 Å². The summed E-state index contributed by atoms with van der Waals surface area (Å²) in [6.45, 7) is 0.0779. The molecule has 2 aromatic rings. The molecular weight excluding hydrogens is 377 g/mol. The number of methoxy groups -OCH3 is 2. The van der Waals surface area contributed by atoms with Crippen molar-refractivity contribution in [2.24, 2.45) is 0 Å². The summed E-state index contributed by atoms with van der Waals surface area (Å²) in [5.41, 5.74) is 0.938. The van der Waals surface area contributed by atoms with Gasteiger partial charge >= 0.3 is 0 Å². The van der Waals surface area contributed by atoms with E-state index in [0.29, 0.717) is 39.9 Å². The maximum absolute atomic E-state index is 12.4. The number of hydrogen-bond acceptors (Lipinski definition) is 4. The zero-order valence-electron chi connectivity index (χ0n) is 14.4. The summed E-state index contributed by atoms with van der Waals surface area (Å²) in [6.07, 6.45) is 1.19. The van der Waals surface area contributed by atoms with Gasteiger partial charge in [0.25, 0.3) is 5.91 Å². The van der Waals surface area contributed by atoms with Crippen molar-refractivity contribution < 1.29 is 19.4 Å². The third-order valence-electron chi connectivity index (χ3n) is 4.64. The number of ether oxygens (including phenoxy) is 2. The molecule has 1 amide bonds. The van der Waals surface area contributed by atoms with Gasteiger partial charge in [-0.05, 0) is 54.3 Å². The van der Waals surface area contributed by atoms with Crippen LogP contribution in [0.25, 0.3) is 0 Å². The molecule has 1 aliphatic carbocycles. The van der Waals surface area contributed by atoms with Crippen molar-refractivity contribution in [2.75, 3.05) is 20.8 Å². The number of amides is 1. The minimum Gasteiger partial charge on any atom is -0.493 e. The monoisotopic (exact) mass is 395 g/mol. The molecule has 0 aromatic heterocycles. The van der Waals surface area contributed by atoms with Gasteiger partial charge in [-0.3, -0.25) is 4.79 Å². The highest BCUT2D eigenvalue weighted by Gasteiger charge is 2.38. The van der Waals surface area contributed by atoms with Gasteiger partial charge in [0.1, 0.15) is 5.60 Å². The fraction of sp³-hybridized carbons (Fsp3) is 0.316. The number of halogens is 2. The van der Waals surface area contributed by atoms with Gasteiger partial charge in [0.2, 0.25) is 0 Å². The number of aryl methyl sites for hydroxylation is 1. The first-order valence-corrected chi connectivity index (χ1v) is 8.84. The molecule has 0 fully saturated rings. The highest BCUT2D eigenvalue weighted by molar-refractivity contribution is 6.42. The Bertz CT molecular complexity index is 856. The molecule has 5 nitrogen and oxygen atoms in total. The van der Waals surface area contributed by atoms with Crippen molar-refractivity contribution >= 4 is 29.1 Å². The number of carbonyl (C=O) groups excluding carboxylic acids is 1. The average Bonchev–Trinajstić information content (AvgIpc) is 2.97. The molecule has 1 atom stereocenters. The van der Waals surface area contributed by atoms with E-state index in [2.05, 4.69) is 5.32 Å². The number of aliphatic hydroxyl groups is 1. The quantitative estimate of drug-likeness (QED) is 0.811. The van der Waals surface area contributed by atoms with Gasteiger partial charge in [-0.2, -0.15) is 0 Å². The SMILES string of the molecule is COc1cc2c(cc1OC)C(O)(CNC(=O)c1ccc(Cl)c(Cl)c1)CC2. The van der Waals surface area contributed by atoms with E-state index in [1.54, 1.807) is 32.4 Å². The smallest absolute Gasteiger partial charge is 0.251 e. The van der Waals surface area contributed by atoms with Crippen LogP contribution in [0.1, 0.15) is 27.9 Å². The van der Waals surface area contributed by atoms with Crippen molar-refractivity contribution in [3.63, 3.8) is 0 Å². The molecule has 0 aliphatic heterocycles. The highest BCUT2D eigenvalue weighted by atomic mass is 35.5. The molecular formula is C19H19Cl2NO4. The molecule has 7 heteroatoms. The Kier molecular flexibility index (Phi) is 5.32. The van der Waals surface area contributed by atoms with Crippen LogP contribution in [0, 0.1) is 0 Å². The molecule has 0 saturated carbocycles. The standard InChI is InChI=1S/C19H19Cl2NO4/c1-25-16-8-11-5-6-19(24,13(11)9-17(16)26-2)10-22-18(23)12-3-4-14(20)15(21)7-12/h3-4,7-9,24H,5-6,10H2,1-2H3,(H,22,23). The molecule has 0 bridgehead atoms. The van der Waals surface area contributed by atoms with E-state index in [0.717, 1.165) is 11.1 Å². The largest absolute Gasteiger partial charge is 0.493 e. The number of nitrogens with one attached hydrogen (secondary N) is 1. The van der Waals surface area contributed by atoms with E-state index in [-0.39, 0.29) is 12.5 Å². The molecule has 0 spiro atoms. The summed E-state index contributed by atoms with van der Waals surface area (Å²) in [6, 6.07) is 8.29. The highest BCUT2D eigenvalue weighted by Crippen LogP contribution is 2.42. The normalized spacial score (nSPS) is 18.3. The molecule has 138 valence electrons. The molecule has 1 unspecified atom stereocenters. The number of carbonyl (C=O) groups is 1. The molecule has 2 N–H and O–H groups in total. The lowest BCUT2D eigenvalue weighted by Crippen LogP contribution is -2.39. The van der Waals surface area contributed by atoms with Gasteiger partial charge < -0.3 is 19.9 Å². The predicted molar refractivity (Wildman–Crippen MR) is 101 cm³/mol. The van der Waals surface area contributed by atoms with E-state index in [1.807, 2.05) is 6.07 Å². The molecule has 2 aromatic carbocycles. The van der Waals surface area contributed by atoms with Crippen LogP contribution >= 0.6 is 23.2 Å². The second-order valence-corrected chi connectivity index (χ2v) is 7.02. The van der Waals surface area contributed by atoms with Gasteiger partial charge in [-0.1, -0.05) is 23.2 Å². The Labute approximate surface area is 161 Å². The van der Waals surface area contributed by atoms with Crippen LogP contribution < -0.4 is 14.8 Å². The van der Waals surface area contributed by atoms with Crippen LogP contribution in [0.5, 0.6) is 11.5 Å². The second kappa shape index (κ2) is 7.35. The fourth-order valence-electron chi connectivity index (χ4n) is 3.19. The molecule has 26 heavy (non-hydrogen) atoms. The van der Waals surface area contributed by atoms with Crippen LogP contribution in [0.2, 0.25) is 10.0 Å². The number of rotatable bonds is 5. The Balaban J connectivity index is 1.79. The van der Waals surface area contributed by atoms with E-state index in [4.69, 9.17) is 32.7 Å². The minimum absolute atomic E-state index is 0.0779. The third-order valence-corrected chi connectivity index (χ3v) is 5.38. The lowest BCUT2D eigenvalue weighted by atomic mass is 9.95. The predicted octanol–water partition coefficient (Wildman–Crippen LogP) is 3.57. The first-order chi connectivity index (χ1) is 12.4. The zero-order chi connectivity index (χ0) is 18.9. The number of hydrogen-bond donors (Lipinski definition) is 2. The maximum Gasteiger partial charge on any atom is 0.251 e. The van der Waals surface area contributed by atoms with Crippen molar-refractivity contribution in [3.8, 4) is 11.5 Å². The van der Waals surface area contributed by atoms with Gasteiger partial charge in [0.15, 0.2) is 11.5 Å². The molecule has 0 radical (unpaired) electrons. The Morgan fingerprint density at radius 3 is 2.50 bits per heavy atom. The summed E-state index contributed by atoms with van der Waals surface area (Å²) < 4.78 is 10.6. The average molecular weight is 396 g/mol. The molecule has 0 heterocycles. The summed E-state index contributed by atoms with van der Waals surface area (Å²) >= 11 is 11.8. The topological polar surface area (TPSA) is 67.8 Å². The first-order valence-electron chi connectivity index (χ1n) is 8.09. The Morgan fingerprint density at radius 2 is 1.85 bits per heavy atom. The van der Waals surface area contributed by atoms with Gasteiger partial charge in [0, 0.05) is 5.56 Å². The van der Waals surface area contributed by atoms with Gasteiger partial charge in [-0.25, -0.2) is 0 Å². The summed E-state index contributed by atoms with van der Waals surface area (Å²) in [4.78, 5) is 12.4. The van der Waals surface area contributed by atoms with Crippen molar-refractivity contribution in [2.45, 2.75) is 18.4 Å². The lowest BCUT2D eigenvalue weighted by molar-refractivity contribution is 0.0368. The van der Waals surface area contributed by atoms with E-state index in [9.17, 15) is 9.90 Å². The molecule has 3 rings (SSSR count). The van der Waals surface area contributed by atoms with Crippen LogP contribution in [0.15, 0.2) is 30.3 Å². The molecule has 1 aliphatic rings. The van der Waals surface area contributed by atoms with Crippen LogP contribution in [-0.2, 0) is 12.0 Å². The van der Waals surface area contributed by atoms with Crippen molar-refractivity contribution in [1.82, 2.24) is 5.32 Å². The number of benzene rings is 2. The third kappa shape index (κ3) is 3.47. The van der Waals surface area contributed by atoms with Crippen LogP contribution in [0.4, 0.5) is 0 Å². The fourth-order valence-corrected chi connectivity index (χ4v) is 3.48. The summed E-state index contributed by atoms with van der Waals surface area (Å²) in [5, 5.41) is 14.5. The summed E-state index contributed by atoms with van der Waals surface area (Å²) in [5.74, 6) is 0.837. The van der Waals surface area contributed by atoms with Crippen LogP contribution in [-0.4, -0.2) is 31.8 Å². The Morgan fingerprint density at radius 1 is 1.15 bits per heavy atom. The minimum atomic E-state index is -1.17. The van der Waals surface area contributed by atoms with Crippen LogP contribution in [0.3, 0.4) is 0 Å². The van der Waals surface area contributed by atoms with Crippen molar-refractivity contribution in [3.05, 3.63) is 57.1 Å². The maximum atomic E-state index is 12.4. The first kappa shape index (κ1) is 18.8. The molecule has 0 saturated heterocycles. The van der Waals surface area contributed by atoms with Gasteiger partial charge in [0.05, 0.1) is 30.8 Å². The van der Waals surface area contributed by atoms with Crippen molar-refractivity contribution in [1.29, 1.82) is 0 Å². The Hall–Kier alpha value is -1.95. The number of fused-ring (bicyclic) bond motifs is 1. The van der Waals surface area contributed by atoms with E-state index < -0.39 is 5.60 Å². The second-order valence-electron chi connectivity index (χ2n) is 6.21. The van der Waals surface area contributed by atoms with E-state index in [1.165, 1.54) is 6.07 Å². The summed E-state index contributed by atoms with van der Waals surface area (Å²) in [7, 11) is 3.12. The lowest BCUT2D eigenvalue weighted by Gasteiger charge is -2.25.